The van der Waals surface area contributed by atoms with Gasteiger partial charge in [-0.05, 0) is 30.2 Å². The molecule has 0 aliphatic heterocycles. The van der Waals surface area contributed by atoms with Gasteiger partial charge in [0.1, 0.15) is 5.82 Å². The molecular formula is C24H39FNO5P. The van der Waals surface area contributed by atoms with E-state index in [4.69, 9.17) is 19.8 Å². The van der Waals surface area contributed by atoms with E-state index in [9.17, 15) is 8.96 Å². The Bertz CT molecular complexity index is 719. The topological polar surface area (TPSA) is 99.8 Å². The molecule has 0 heterocycles. The summed E-state index contributed by atoms with van der Waals surface area (Å²) >= 11 is 0. The lowest BCUT2D eigenvalue weighted by Gasteiger charge is -2.18. The molecule has 0 saturated heterocycles. The molecule has 1 aromatic rings. The number of rotatable bonds is 19. The Balaban J connectivity index is 2.28. The highest BCUT2D eigenvalue weighted by atomic mass is 31.2. The van der Waals surface area contributed by atoms with Crippen LogP contribution in [0.3, 0.4) is 0 Å². The minimum Gasteiger partial charge on any atom is -0.371 e. The van der Waals surface area contributed by atoms with Crippen molar-refractivity contribution in [2.75, 3.05) is 6.61 Å². The molecule has 182 valence electrons. The van der Waals surface area contributed by atoms with E-state index in [1.54, 1.807) is 0 Å². The minimum atomic E-state index is -4.59. The summed E-state index contributed by atoms with van der Waals surface area (Å²) in [6.07, 6.45) is 14.8. The zero-order valence-electron chi connectivity index (χ0n) is 19.3. The van der Waals surface area contributed by atoms with E-state index >= 15 is 0 Å². The zero-order valence-corrected chi connectivity index (χ0v) is 20.2. The van der Waals surface area contributed by atoms with Crippen molar-refractivity contribution in [1.82, 2.24) is 0 Å². The van der Waals surface area contributed by atoms with Crippen molar-refractivity contribution in [2.24, 2.45) is 0 Å². The fraction of sp³-hybridized carbons (Fsp3) is 0.708. The smallest absolute Gasteiger partial charge is 0.371 e. The van der Waals surface area contributed by atoms with Crippen LogP contribution in [-0.4, -0.2) is 22.5 Å². The van der Waals surface area contributed by atoms with Crippen molar-refractivity contribution in [3.05, 3.63) is 35.1 Å². The molecule has 1 aromatic carbocycles. The highest BCUT2D eigenvalue weighted by Gasteiger charge is 2.19. The zero-order chi connectivity index (χ0) is 23.7. The van der Waals surface area contributed by atoms with E-state index in [0.29, 0.717) is 12.0 Å². The number of hydrogen-bond donors (Lipinski definition) is 2. The van der Waals surface area contributed by atoms with Crippen LogP contribution >= 0.6 is 7.82 Å². The highest BCUT2D eigenvalue weighted by molar-refractivity contribution is 7.46. The standard InChI is InChI=1S/C24H39FNO5P/c1-2-3-4-5-6-7-8-9-10-11-12-13-14-24(20-31-32(27,28)29)30-19-22-15-21(18-26)16-23(25)17-22/h15-17,24H,2-14,19-20H2,1H3,(H2,27,28,29)/t24-/m0/s1. The van der Waals surface area contributed by atoms with Gasteiger partial charge in [0.15, 0.2) is 0 Å². The molecule has 8 heteroatoms. The Labute approximate surface area is 192 Å². The molecule has 0 bridgehead atoms. The Kier molecular flexibility index (Phi) is 15.5. The number of hydrogen-bond acceptors (Lipinski definition) is 4. The number of ether oxygens (including phenoxy) is 1. The second-order valence-corrected chi connectivity index (χ2v) is 9.60. The molecule has 6 nitrogen and oxygen atoms in total. The van der Waals surface area contributed by atoms with Crippen molar-refractivity contribution < 1.29 is 28.0 Å². The lowest BCUT2D eigenvalue weighted by atomic mass is 10.0. The molecule has 0 fully saturated rings. The van der Waals surface area contributed by atoms with E-state index in [0.717, 1.165) is 25.3 Å². The van der Waals surface area contributed by atoms with E-state index in [1.807, 2.05) is 6.07 Å². The second kappa shape index (κ2) is 17.2. The molecule has 0 radical (unpaired) electrons. The summed E-state index contributed by atoms with van der Waals surface area (Å²) in [5.74, 6) is -0.522. The van der Waals surface area contributed by atoms with Crippen LogP contribution in [0, 0.1) is 17.1 Å². The molecule has 0 aliphatic carbocycles. The van der Waals surface area contributed by atoms with Gasteiger partial charge >= 0.3 is 7.82 Å². The monoisotopic (exact) mass is 471 g/mol. The van der Waals surface area contributed by atoms with Gasteiger partial charge in [0, 0.05) is 0 Å². The van der Waals surface area contributed by atoms with Crippen LogP contribution in [0.2, 0.25) is 0 Å². The minimum absolute atomic E-state index is 0.0415. The summed E-state index contributed by atoms with van der Waals surface area (Å²) in [6, 6.07) is 5.86. The van der Waals surface area contributed by atoms with Crippen LogP contribution in [-0.2, 0) is 20.4 Å². The van der Waals surface area contributed by atoms with E-state index in [2.05, 4.69) is 11.4 Å². The number of unbranched alkanes of at least 4 members (excludes halogenated alkanes) is 11. The summed E-state index contributed by atoms with van der Waals surface area (Å²) in [7, 11) is -4.59. The third-order valence-electron chi connectivity index (χ3n) is 5.38. The Morgan fingerprint density at radius 2 is 1.53 bits per heavy atom. The molecule has 0 unspecified atom stereocenters. The van der Waals surface area contributed by atoms with Gasteiger partial charge in [-0.2, -0.15) is 5.26 Å². The van der Waals surface area contributed by atoms with E-state index < -0.39 is 19.7 Å². The fourth-order valence-corrected chi connectivity index (χ4v) is 3.98. The molecule has 2 N–H and O–H groups in total. The molecule has 0 aliphatic rings. The molecule has 0 aromatic heterocycles. The molecule has 1 rings (SSSR count). The molecule has 32 heavy (non-hydrogen) atoms. The van der Waals surface area contributed by atoms with Gasteiger partial charge in [-0.1, -0.05) is 84.0 Å². The quantitative estimate of drug-likeness (QED) is 0.170. The predicted molar refractivity (Wildman–Crippen MR) is 123 cm³/mol. The number of benzene rings is 1. The summed E-state index contributed by atoms with van der Waals surface area (Å²) in [6.45, 7) is 2.04. The first-order chi connectivity index (χ1) is 15.3. The van der Waals surface area contributed by atoms with Crippen LogP contribution in [0.1, 0.15) is 102 Å². The summed E-state index contributed by atoms with van der Waals surface area (Å²) < 4.78 is 35.0. The van der Waals surface area contributed by atoms with Gasteiger partial charge in [0.2, 0.25) is 0 Å². The lowest BCUT2D eigenvalue weighted by molar-refractivity contribution is -0.00383. The third-order valence-corrected chi connectivity index (χ3v) is 5.87. The maximum absolute atomic E-state index is 13.6. The largest absolute Gasteiger partial charge is 0.469 e. The number of phosphoric acid groups is 1. The average molecular weight is 472 g/mol. The van der Waals surface area contributed by atoms with Gasteiger partial charge < -0.3 is 14.5 Å². The van der Waals surface area contributed by atoms with Gasteiger partial charge in [-0.3, -0.25) is 4.52 Å². The maximum atomic E-state index is 13.6. The average Bonchev–Trinajstić information content (AvgIpc) is 2.74. The first-order valence-electron chi connectivity index (χ1n) is 11.8. The number of phosphoric ester groups is 1. The van der Waals surface area contributed by atoms with Crippen LogP contribution in [0.25, 0.3) is 0 Å². The normalized spacial score (nSPS) is 12.6. The SMILES string of the molecule is CCCCCCCCCCCCCC[C@@H](COP(=O)(O)O)OCc1cc(F)cc(C#N)c1. The Morgan fingerprint density at radius 3 is 2.06 bits per heavy atom. The van der Waals surface area contributed by atoms with Crippen molar-refractivity contribution in [3.63, 3.8) is 0 Å². The first-order valence-corrected chi connectivity index (χ1v) is 13.4. The van der Waals surface area contributed by atoms with E-state index in [1.165, 1.54) is 69.9 Å². The molecule has 0 spiro atoms. The van der Waals surface area contributed by atoms with Crippen LogP contribution < -0.4 is 0 Å². The molecule has 1 atom stereocenters. The van der Waals surface area contributed by atoms with Gasteiger partial charge in [-0.15, -0.1) is 0 Å². The molecule has 0 amide bonds. The summed E-state index contributed by atoms with van der Waals surface area (Å²) in [4.78, 5) is 18.0. The van der Waals surface area contributed by atoms with Gasteiger partial charge in [0.05, 0.1) is 31.0 Å². The Hall–Kier alpha value is -1.29. The Morgan fingerprint density at radius 1 is 0.969 bits per heavy atom. The van der Waals surface area contributed by atoms with Crippen LogP contribution in [0.15, 0.2) is 18.2 Å². The first kappa shape index (κ1) is 28.7. The van der Waals surface area contributed by atoms with Gasteiger partial charge in [0.25, 0.3) is 0 Å². The third kappa shape index (κ3) is 15.5. The van der Waals surface area contributed by atoms with Crippen molar-refractivity contribution >= 4 is 7.82 Å². The number of halogens is 1. The predicted octanol–water partition coefficient (Wildman–Crippen LogP) is 6.78. The summed E-state index contributed by atoms with van der Waals surface area (Å²) in [5, 5.41) is 8.95. The van der Waals surface area contributed by atoms with Crippen LogP contribution in [0.4, 0.5) is 4.39 Å². The number of nitriles is 1. The fourth-order valence-electron chi connectivity index (χ4n) is 3.62. The summed E-state index contributed by atoms with van der Waals surface area (Å²) in [5.41, 5.74) is 0.699. The van der Waals surface area contributed by atoms with E-state index in [-0.39, 0.29) is 18.8 Å². The number of nitrogens with zero attached hydrogens (tertiary/aromatic N) is 1. The van der Waals surface area contributed by atoms with Crippen molar-refractivity contribution in [1.29, 1.82) is 5.26 Å². The second-order valence-electron chi connectivity index (χ2n) is 8.36. The highest BCUT2D eigenvalue weighted by Crippen LogP contribution is 2.36. The van der Waals surface area contributed by atoms with Gasteiger partial charge in [-0.25, -0.2) is 8.96 Å². The molecular weight excluding hydrogens is 432 g/mol. The van der Waals surface area contributed by atoms with Crippen molar-refractivity contribution in [2.45, 2.75) is 103 Å². The van der Waals surface area contributed by atoms with Crippen LogP contribution in [0.5, 0.6) is 0 Å². The molecule has 0 saturated carbocycles. The lowest BCUT2D eigenvalue weighted by Crippen LogP contribution is -2.19. The maximum Gasteiger partial charge on any atom is 0.469 e. The van der Waals surface area contributed by atoms with Crippen molar-refractivity contribution in [3.8, 4) is 6.07 Å².